The van der Waals surface area contributed by atoms with Gasteiger partial charge in [-0.1, -0.05) is 49.6 Å². The highest BCUT2D eigenvalue weighted by Gasteiger charge is 2.41. The largest absolute Gasteiger partial charge is 0.506 e. The highest BCUT2D eigenvalue weighted by atomic mass is 32.1. The number of nitrogens with zero attached hydrogens (tertiary/aromatic N) is 3. The lowest BCUT2D eigenvalue weighted by molar-refractivity contribution is -0.159. The summed E-state index contributed by atoms with van der Waals surface area (Å²) in [6.07, 6.45) is 9.81. The molecule has 3 aromatic rings. The van der Waals surface area contributed by atoms with Crippen LogP contribution in [-0.4, -0.2) is 121 Å². The Morgan fingerprint density at radius 2 is 1.84 bits per heavy atom. The van der Waals surface area contributed by atoms with Crippen LogP contribution in [0.3, 0.4) is 0 Å². The summed E-state index contributed by atoms with van der Waals surface area (Å²) in [5.74, 6) is 0.599. The first-order valence-electron chi connectivity index (χ1n) is 20.9. The molecule has 308 valence electrons. The Morgan fingerprint density at radius 1 is 1.00 bits per heavy atom. The standard InChI is InChI=1S/C44H59N5O7S/c50-38-10-9-36(43-42(38)46-39(51)30-55-43)11-17-45-18-21-49(37-7-2-1-3-8-37)40(52)13-24-54-23-12-33-5-4-6-34(27-33)29-47-19-15-44(16-20-47)32-48(22-25-56-44)41(53)28-35-14-26-57-31-35/h4-6,9-10,14,26-27,31,37,45,50H,1-3,7-8,11-13,15-25,28-30,32H2,(H,46,51). The molecule has 4 aliphatic rings. The number of carbonyl (C=O) groups is 3. The summed E-state index contributed by atoms with van der Waals surface area (Å²) in [6.45, 7) is 7.67. The number of phenolic OH excluding ortho intramolecular Hbond substituents is 1. The van der Waals surface area contributed by atoms with Crippen molar-refractivity contribution in [2.24, 2.45) is 0 Å². The lowest BCUT2D eigenvalue weighted by Crippen LogP contribution is -2.58. The Balaban J connectivity index is 0.805. The number of likely N-dealkylation sites (tertiary alicyclic amines) is 1. The monoisotopic (exact) mass is 801 g/mol. The minimum Gasteiger partial charge on any atom is -0.506 e. The van der Waals surface area contributed by atoms with E-state index in [0.717, 1.165) is 75.7 Å². The maximum atomic E-state index is 13.5. The number of anilines is 1. The number of rotatable bonds is 17. The summed E-state index contributed by atoms with van der Waals surface area (Å²) >= 11 is 1.63. The van der Waals surface area contributed by atoms with Crippen molar-refractivity contribution in [1.29, 1.82) is 0 Å². The molecule has 2 aromatic carbocycles. The Kier molecular flexibility index (Phi) is 14.5. The molecule has 3 amide bonds. The second-order valence-electron chi connectivity index (χ2n) is 16.0. The Hall–Kier alpha value is -4.01. The molecular formula is C44H59N5O7S. The summed E-state index contributed by atoms with van der Waals surface area (Å²) in [7, 11) is 0. The summed E-state index contributed by atoms with van der Waals surface area (Å²) in [4.78, 5) is 44.9. The van der Waals surface area contributed by atoms with Gasteiger partial charge in [-0.25, -0.2) is 0 Å². The van der Waals surface area contributed by atoms with Gasteiger partial charge >= 0.3 is 0 Å². The Bertz CT molecular complexity index is 1790. The van der Waals surface area contributed by atoms with Gasteiger partial charge < -0.3 is 39.8 Å². The van der Waals surface area contributed by atoms with Gasteiger partial charge in [0.25, 0.3) is 5.91 Å². The topological polar surface area (TPSA) is 133 Å². The molecule has 0 radical (unpaired) electrons. The van der Waals surface area contributed by atoms with Crippen LogP contribution in [0, 0.1) is 0 Å². The number of nitrogens with one attached hydrogen (secondary N) is 2. The molecule has 2 saturated heterocycles. The molecule has 1 aromatic heterocycles. The summed E-state index contributed by atoms with van der Waals surface area (Å²) < 4.78 is 18.0. The van der Waals surface area contributed by atoms with Crippen molar-refractivity contribution < 1.29 is 33.7 Å². The van der Waals surface area contributed by atoms with Gasteiger partial charge in [-0.2, -0.15) is 11.3 Å². The molecular weight excluding hydrogens is 743 g/mol. The van der Waals surface area contributed by atoms with Crippen LogP contribution in [0.2, 0.25) is 0 Å². The zero-order valence-electron chi connectivity index (χ0n) is 33.2. The zero-order chi connectivity index (χ0) is 39.5. The average Bonchev–Trinajstić information content (AvgIpc) is 3.74. The van der Waals surface area contributed by atoms with Gasteiger partial charge in [-0.05, 0) is 90.2 Å². The van der Waals surface area contributed by atoms with E-state index in [4.69, 9.17) is 14.2 Å². The second-order valence-corrected chi connectivity index (χ2v) is 16.8. The van der Waals surface area contributed by atoms with E-state index >= 15 is 0 Å². The number of benzene rings is 2. The fourth-order valence-corrected chi connectivity index (χ4v) is 9.43. The van der Waals surface area contributed by atoms with Crippen molar-refractivity contribution in [2.45, 2.75) is 88.8 Å². The molecule has 4 heterocycles. The van der Waals surface area contributed by atoms with Gasteiger partial charge in [0.15, 0.2) is 12.4 Å². The fraction of sp³-hybridized carbons (Fsp3) is 0.568. The lowest BCUT2D eigenvalue weighted by Gasteiger charge is -2.47. The third-order valence-corrected chi connectivity index (χ3v) is 12.7. The maximum Gasteiger partial charge on any atom is 0.262 e. The third-order valence-electron chi connectivity index (χ3n) is 12.0. The van der Waals surface area contributed by atoms with Crippen LogP contribution in [0.15, 0.2) is 53.2 Å². The van der Waals surface area contributed by atoms with Crippen LogP contribution in [0.5, 0.6) is 11.5 Å². The molecule has 1 saturated carbocycles. The van der Waals surface area contributed by atoms with Crippen LogP contribution in [-0.2, 0) is 49.7 Å². The number of thiophene rings is 1. The van der Waals surface area contributed by atoms with Crippen molar-refractivity contribution in [1.82, 2.24) is 20.0 Å². The minimum absolute atomic E-state index is 0.00287. The SMILES string of the molecule is O=C1COc2c(CCNCCN(C(=O)CCOCCc3cccc(CN4CCC5(CC4)CN(C(=O)Cc4ccsc4)CCO5)c3)C3CCCCC3)ccc(O)c2N1. The van der Waals surface area contributed by atoms with Gasteiger partial charge in [0.05, 0.1) is 38.3 Å². The maximum absolute atomic E-state index is 13.5. The van der Waals surface area contributed by atoms with Gasteiger partial charge in [0.2, 0.25) is 11.8 Å². The molecule has 0 bridgehead atoms. The van der Waals surface area contributed by atoms with E-state index in [1.807, 2.05) is 22.4 Å². The molecule has 7 rings (SSSR count). The van der Waals surface area contributed by atoms with E-state index in [9.17, 15) is 19.5 Å². The minimum atomic E-state index is -0.279. The van der Waals surface area contributed by atoms with E-state index in [1.54, 1.807) is 17.4 Å². The first-order valence-corrected chi connectivity index (χ1v) is 21.9. The summed E-state index contributed by atoms with van der Waals surface area (Å²) in [5.41, 5.74) is 4.63. The van der Waals surface area contributed by atoms with E-state index in [1.165, 1.54) is 17.5 Å². The molecule has 3 aliphatic heterocycles. The predicted octanol–water partition coefficient (Wildman–Crippen LogP) is 5.16. The zero-order valence-corrected chi connectivity index (χ0v) is 34.0. The average molecular weight is 802 g/mol. The van der Waals surface area contributed by atoms with Gasteiger partial charge in [0.1, 0.15) is 11.4 Å². The third kappa shape index (κ3) is 11.4. The quantitative estimate of drug-likeness (QED) is 0.125. The van der Waals surface area contributed by atoms with E-state index in [0.29, 0.717) is 83.2 Å². The number of hydrogen-bond donors (Lipinski definition) is 3. The van der Waals surface area contributed by atoms with Gasteiger partial charge in [-0.15, -0.1) is 0 Å². The molecule has 0 atom stereocenters. The van der Waals surface area contributed by atoms with Crippen LogP contribution in [0.25, 0.3) is 0 Å². The van der Waals surface area contributed by atoms with Crippen LogP contribution in [0.4, 0.5) is 5.69 Å². The number of carbonyl (C=O) groups excluding carboxylic acids is 3. The molecule has 12 nitrogen and oxygen atoms in total. The number of piperidine rings is 1. The van der Waals surface area contributed by atoms with Crippen molar-refractivity contribution in [3.8, 4) is 11.5 Å². The Morgan fingerprint density at radius 3 is 2.67 bits per heavy atom. The molecule has 13 heteroatoms. The van der Waals surface area contributed by atoms with Crippen molar-refractivity contribution in [2.75, 3.05) is 77.6 Å². The van der Waals surface area contributed by atoms with Gasteiger partial charge in [-0.3, -0.25) is 19.3 Å². The van der Waals surface area contributed by atoms with Crippen molar-refractivity contribution in [3.63, 3.8) is 0 Å². The Labute approximate surface area is 340 Å². The molecule has 3 N–H and O–H groups in total. The normalized spacial score (nSPS) is 18.5. The smallest absolute Gasteiger partial charge is 0.262 e. The van der Waals surface area contributed by atoms with Crippen LogP contribution in [0.1, 0.15) is 73.6 Å². The number of aromatic hydroxyl groups is 1. The fourth-order valence-electron chi connectivity index (χ4n) is 8.76. The molecule has 3 fully saturated rings. The van der Waals surface area contributed by atoms with Crippen molar-refractivity contribution in [3.05, 3.63) is 75.5 Å². The first-order chi connectivity index (χ1) is 27.8. The number of hydrogen-bond acceptors (Lipinski definition) is 10. The number of morpholine rings is 1. The number of amides is 3. The van der Waals surface area contributed by atoms with Crippen LogP contribution >= 0.6 is 11.3 Å². The lowest BCUT2D eigenvalue weighted by atomic mass is 9.89. The number of ether oxygens (including phenoxy) is 3. The number of fused-ring (bicyclic) bond motifs is 1. The predicted molar refractivity (Wildman–Crippen MR) is 221 cm³/mol. The van der Waals surface area contributed by atoms with E-state index < -0.39 is 0 Å². The van der Waals surface area contributed by atoms with Crippen LogP contribution < -0.4 is 15.4 Å². The van der Waals surface area contributed by atoms with Crippen molar-refractivity contribution >= 4 is 34.7 Å². The molecule has 57 heavy (non-hydrogen) atoms. The summed E-state index contributed by atoms with van der Waals surface area (Å²) in [5, 5.41) is 20.4. The summed E-state index contributed by atoms with van der Waals surface area (Å²) in [6, 6.07) is 14.5. The van der Waals surface area contributed by atoms with E-state index in [2.05, 4.69) is 50.1 Å². The van der Waals surface area contributed by atoms with Gasteiger partial charge in [0, 0.05) is 51.9 Å². The highest BCUT2D eigenvalue weighted by Crippen LogP contribution is 2.39. The second kappa shape index (κ2) is 20.1. The molecule has 1 spiro atoms. The molecule has 1 aliphatic carbocycles. The van der Waals surface area contributed by atoms with E-state index in [-0.39, 0.29) is 41.7 Å². The molecule has 0 unspecified atom stereocenters. The highest BCUT2D eigenvalue weighted by molar-refractivity contribution is 7.08. The number of phenols is 1. The first kappa shape index (κ1) is 41.2.